The fraction of sp³-hybridized carbons (Fsp3) is 0.158. The van der Waals surface area contributed by atoms with Gasteiger partial charge in [0.2, 0.25) is 5.91 Å². The molecule has 1 N–H and O–H groups in total. The van der Waals surface area contributed by atoms with E-state index in [1.165, 1.54) is 13.2 Å². The Morgan fingerprint density at radius 3 is 2.20 bits per heavy atom. The second-order valence-corrected chi connectivity index (χ2v) is 5.01. The van der Waals surface area contributed by atoms with E-state index in [0.29, 0.717) is 22.7 Å². The van der Waals surface area contributed by atoms with E-state index >= 15 is 0 Å². The highest BCUT2D eigenvalue weighted by molar-refractivity contribution is 6.02. The first-order valence-corrected chi connectivity index (χ1v) is 7.47. The van der Waals surface area contributed by atoms with Crippen molar-refractivity contribution in [2.45, 2.75) is 0 Å². The van der Waals surface area contributed by atoms with Gasteiger partial charge in [-0.15, -0.1) is 0 Å². The minimum Gasteiger partial charge on any atom is -0.493 e. The van der Waals surface area contributed by atoms with Gasteiger partial charge in [0.1, 0.15) is 0 Å². The maximum absolute atomic E-state index is 12.0. The molecule has 0 radical (unpaired) electrons. The highest BCUT2D eigenvalue weighted by atomic mass is 16.5. The average molecular weight is 341 g/mol. The average Bonchev–Trinajstić information content (AvgIpc) is 2.66. The van der Waals surface area contributed by atoms with E-state index in [0.717, 1.165) is 5.56 Å². The van der Waals surface area contributed by atoms with Gasteiger partial charge in [-0.2, -0.15) is 0 Å². The molecule has 0 heterocycles. The Kier molecular flexibility index (Phi) is 6.17. The molecule has 0 saturated carbocycles. The van der Waals surface area contributed by atoms with Crippen LogP contribution in [0.4, 0.5) is 5.69 Å². The summed E-state index contributed by atoms with van der Waals surface area (Å²) in [4.78, 5) is 23.4. The molecule has 0 saturated heterocycles. The van der Waals surface area contributed by atoms with Crippen LogP contribution in [0.2, 0.25) is 0 Å². The lowest BCUT2D eigenvalue weighted by atomic mass is 10.2. The second kappa shape index (κ2) is 8.54. The van der Waals surface area contributed by atoms with Crippen molar-refractivity contribution in [2.24, 2.45) is 0 Å². The van der Waals surface area contributed by atoms with Crippen LogP contribution in [0.15, 0.2) is 48.5 Å². The molecule has 0 spiro atoms. The van der Waals surface area contributed by atoms with Crippen LogP contribution in [-0.2, 0) is 9.53 Å². The number of hydrogen-bond donors (Lipinski definition) is 1. The number of rotatable bonds is 6. The van der Waals surface area contributed by atoms with E-state index in [4.69, 9.17) is 9.47 Å². The summed E-state index contributed by atoms with van der Waals surface area (Å²) in [6.07, 6.45) is 3.08. The third-order valence-electron chi connectivity index (χ3n) is 3.41. The Morgan fingerprint density at radius 1 is 0.920 bits per heavy atom. The first-order valence-electron chi connectivity index (χ1n) is 7.47. The quantitative estimate of drug-likeness (QED) is 0.645. The SMILES string of the molecule is COC(=O)c1ccc(NC(=O)C=Cc2ccc(OC)c(OC)c2)cc1. The van der Waals surface area contributed by atoms with Gasteiger partial charge in [0.25, 0.3) is 0 Å². The van der Waals surface area contributed by atoms with Gasteiger partial charge in [0.15, 0.2) is 11.5 Å². The van der Waals surface area contributed by atoms with Crippen LogP contribution in [0, 0.1) is 0 Å². The van der Waals surface area contributed by atoms with Crippen molar-refractivity contribution < 1.29 is 23.8 Å². The van der Waals surface area contributed by atoms with Crippen molar-refractivity contribution in [1.82, 2.24) is 0 Å². The molecule has 0 unspecified atom stereocenters. The van der Waals surface area contributed by atoms with Crippen LogP contribution in [0.5, 0.6) is 11.5 Å². The van der Waals surface area contributed by atoms with Gasteiger partial charge in [0, 0.05) is 11.8 Å². The summed E-state index contributed by atoms with van der Waals surface area (Å²) >= 11 is 0. The predicted molar refractivity (Wildman–Crippen MR) is 95.0 cm³/mol. The molecule has 25 heavy (non-hydrogen) atoms. The first kappa shape index (κ1) is 18.1. The van der Waals surface area contributed by atoms with Crippen molar-refractivity contribution in [3.8, 4) is 11.5 Å². The highest BCUT2D eigenvalue weighted by Gasteiger charge is 2.06. The second-order valence-electron chi connectivity index (χ2n) is 5.01. The zero-order valence-electron chi connectivity index (χ0n) is 14.2. The van der Waals surface area contributed by atoms with E-state index < -0.39 is 5.97 Å². The molecular formula is C19H19NO5. The summed E-state index contributed by atoms with van der Waals surface area (Å²) in [7, 11) is 4.43. The third kappa shape index (κ3) is 4.84. The summed E-state index contributed by atoms with van der Waals surface area (Å²) in [6, 6.07) is 11.8. The van der Waals surface area contributed by atoms with Gasteiger partial charge in [-0.1, -0.05) is 6.07 Å². The smallest absolute Gasteiger partial charge is 0.337 e. The number of nitrogens with one attached hydrogen (secondary N) is 1. The van der Waals surface area contributed by atoms with Gasteiger partial charge in [-0.25, -0.2) is 4.79 Å². The molecule has 0 fully saturated rings. The van der Waals surface area contributed by atoms with Gasteiger partial charge >= 0.3 is 5.97 Å². The van der Waals surface area contributed by atoms with Crippen molar-refractivity contribution in [1.29, 1.82) is 0 Å². The molecular weight excluding hydrogens is 322 g/mol. The van der Waals surface area contributed by atoms with Crippen molar-refractivity contribution >= 4 is 23.6 Å². The molecule has 0 atom stereocenters. The number of anilines is 1. The topological polar surface area (TPSA) is 73.9 Å². The molecule has 6 nitrogen and oxygen atoms in total. The number of amides is 1. The standard InChI is InChI=1S/C19H19NO5/c1-23-16-10-4-13(12-17(16)24-2)5-11-18(21)20-15-8-6-14(7-9-15)19(22)25-3/h4-12H,1-3H3,(H,20,21). The number of benzene rings is 2. The molecule has 2 aromatic carbocycles. The van der Waals surface area contributed by atoms with E-state index in [2.05, 4.69) is 10.1 Å². The first-order chi connectivity index (χ1) is 12.1. The number of esters is 1. The Hall–Kier alpha value is -3.28. The minimum absolute atomic E-state index is 0.291. The van der Waals surface area contributed by atoms with Gasteiger partial charge in [0.05, 0.1) is 26.9 Å². The predicted octanol–water partition coefficient (Wildman–Crippen LogP) is 3.14. The van der Waals surface area contributed by atoms with E-state index in [1.54, 1.807) is 56.7 Å². The van der Waals surface area contributed by atoms with E-state index in [9.17, 15) is 9.59 Å². The number of hydrogen-bond acceptors (Lipinski definition) is 5. The molecule has 2 aromatic rings. The molecule has 0 aliphatic heterocycles. The van der Waals surface area contributed by atoms with Gasteiger partial charge < -0.3 is 19.5 Å². The van der Waals surface area contributed by atoms with Crippen LogP contribution >= 0.6 is 0 Å². The zero-order chi connectivity index (χ0) is 18.2. The summed E-state index contributed by atoms with van der Waals surface area (Å²) < 4.78 is 15.0. The molecule has 2 rings (SSSR count). The van der Waals surface area contributed by atoms with Crippen LogP contribution in [0.1, 0.15) is 15.9 Å². The van der Waals surface area contributed by atoms with Crippen molar-refractivity contribution in [3.05, 3.63) is 59.7 Å². The number of ether oxygens (including phenoxy) is 3. The Labute approximate surface area is 146 Å². The van der Waals surface area contributed by atoms with E-state index in [1.807, 2.05) is 6.07 Å². The molecule has 0 bridgehead atoms. The monoisotopic (exact) mass is 341 g/mol. The molecule has 130 valence electrons. The summed E-state index contributed by atoms with van der Waals surface area (Å²) in [5.74, 6) is 0.491. The number of carbonyl (C=O) groups excluding carboxylic acids is 2. The van der Waals surface area contributed by atoms with Crippen molar-refractivity contribution in [3.63, 3.8) is 0 Å². The Bertz CT molecular complexity index is 781. The van der Waals surface area contributed by atoms with Crippen LogP contribution in [0.25, 0.3) is 6.08 Å². The minimum atomic E-state index is -0.425. The number of carbonyl (C=O) groups is 2. The summed E-state index contributed by atoms with van der Waals surface area (Å²) in [6.45, 7) is 0. The fourth-order valence-corrected chi connectivity index (χ4v) is 2.12. The molecule has 0 aromatic heterocycles. The molecule has 6 heteroatoms. The lowest BCUT2D eigenvalue weighted by Gasteiger charge is -2.07. The highest BCUT2D eigenvalue weighted by Crippen LogP contribution is 2.27. The Balaban J connectivity index is 2.02. The van der Waals surface area contributed by atoms with E-state index in [-0.39, 0.29) is 5.91 Å². The van der Waals surface area contributed by atoms with Gasteiger partial charge in [-0.05, 0) is 48.0 Å². The molecule has 1 amide bonds. The van der Waals surface area contributed by atoms with Crippen LogP contribution < -0.4 is 14.8 Å². The summed E-state index contributed by atoms with van der Waals surface area (Å²) in [5, 5.41) is 2.71. The number of methoxy groups -OCH3 is 3. The maximum atomic E-state index is 12.0. The van der Waals surface area contributed by atoms with Crippen molar-refractivity contribution in [2.75, 3.05) is 26.6 Å². The van der Waals surface area contributed by atoms with Crippen LogP contribution in [0.3, 0.4) is 0 Å². The van der Waals surface area contributed by atoms with Crippen LogP contribution in [-0.4, -0.2) is 33.2 Å². The zero-order valence-corrected chi connectivity index (χ0v) is 14.2. The molecule has 0 aliphatic carbocycles. The lowest BCUT2D eigenvalue weighted by Crippen LogP contribution is -2.08. The Morgan fingerprint density at radius 2 is 1.60 bits per heavy atom. The normalized spacial score (nSPS) is 10.4. The van der Waals surface area contributed by atoms with Gasteiger partial charge in [-0.3, -0.25) is 4.79 Å². The maximum Gasteiger partial charge on any atom is 0.337 e. The third-order valence-corrected chi connectivity index (χ3v) is 3.41. The molecule has 0 aliphatic rings. The largest absolute Gasteiger partial charge is 0.493 e. The lowest BCUT2D eigenvalue weighted by molar-refractivity contribution is -0.111. The summed E-state index contributed by atoms with van der Waals surface area (Å²) in [5.41, 5.74) is 1.80. The fourth-order valence-electron chi connectivity index (χ4n) is 2.12.